The third-order valence-corrected chi connectivity index (χ3v) is 1.52. The molecule has 10 heavy (non-hydrogen) atoms. The lowest BCUT2D eigenvalue weighted by molar-refractivity contribution is -0.0519. The molecule has 1 saturated heterocycles. The fraction of sp³-hybridized carbons (Fsp3) is 1.00. The minimum atomic E-state index is -0.266. The predicted molar refractivity (Wildman–Crippen MR) is 33.3 cm³/mol. The van der Waals surface area contributed by atoms with Gasteiger partial charge in [-0.25, -0.2) is 0 Å². The van der Waals surface area contributed by atoms with Crippen LogP contribution < -0.4 is 0 Å². The molecule has 3 atom stereocenters. The minimum Gasteiger partial charge on any atom is -0.371 e. The van der Waals surface area contributed by atoms with Crippen LogP contribution in [0.2, 0.25) is 0 Å². The number of methoxy groups -OCH3 is 1. The Morgan fingerprint density at radius 1 is 1.70 bits per heavy atom. The van der Waals surface area contributed by atoms with Gasteiger partial charge in [-0.05, 0) is 6.92 Å². The Morgan fingerprint density at radius 2 is 2.40 bits per heavy atom. The Bertz CT molecular complexity index is 106. The maximum absolute atomic E-state index is 8.35. The molecule has 0 aromatic heterocycles. The summed E-state index contributed by atoms with van der Waals surface area (Å²) in [6.07, 6.45) is -0.228. The molecule has 0 bridgehead atoms. The molecule has 2 unspecified atom stereocenters. The molecule has 1 rings (SSSR count). The number of hydrogen-bond acceptors (Lipinski definition) is 4. The molecular weight excluding hydrogens is 136 g/mol. The second kappa shape index (κ2) is 3.30. The average molecular weight is 148 g/mol. The number of ether oxygens (including phenoxy) is 3. The van der Waals surface area contributed by atoms with E-state index in [1.54, 1.807) is 7.11 Å². The molecule has 1 heterocycles. The highest BCUT2D eigenvalue weighted by atomic mass is 16.8. The molecule has 1 aliphatic rings. The van der Waals surface area contributed by atoms with Gasteiger partial charge < -0.3 is 19.3 Å². The first-order chi connectivity index (χ1) is 4.79. The summed E-state index contributed by atoms with van der Waals surface area (Å²) in [6, 6.07) is 0. The molecule has 60 valence electrons. The number of hydrogen-bond donors (Lipinski definition) is 1. The van der Waals surface area contributed by atoms with E-state index in [9.17, 15) is 0 Å². The van der Waals surface area contributed by atoms with Gasteiger partial charge in [-0.1, -0.05) is 0 Å². The molecule has 4 heteroatoms. The van der Waals surface area contributed by atoms with Crippen molar-refractivity contribution in [3.05, 3.63) is 0 Å². The first kappa shape index (κ1) is 7.94. The normalized spacial score (nSPS) is 33.9. The third kappa shape index (κ3) is 1.67. The standard InChI is InChI=1S/C6H12O4/c1-4(9-3-7)5-6(8-2)10-5/h4-7H,3H2,1-2H3/t4?,5-,6?/m0/s1. The molecule has 0 saturated carbocycles. The zero-order valence-electron chi connectivity index (χ0n) is 6.11. The summed E-state index contributed by atoms with van der Waals surface area (Å²) in [4.78, 5) is 0. The molecule has 0 aliphatic carbocycles. The Balaban J connectivity index is 2.12. The van der Waals surface area contributed by atoms with E-state index in [2.05, 4.69) is 0 Å². The van der Waals surface area contributed by atoms with Crippen LogP contribution in [0.5, 0.6) is 0 Å². The molecule has 1 fully saturated rings. The van der Waals surface area contributed by atoms with Crippen LogP contribution in [-0.2, 0) is 14.2 Å². The number of rotatable bonds is 4. The fourth-order valence-electron chi connectivity index (χ4n) is 0.844. The molecule has 0 amide bonds. The van der Waals surface area contributed by atoms with E-state index < -0.39 is 0 Å². The van der Waals surface area contributed by atoms with Gasteiger partial charge in [0.1, 0.15) is 12.9 Å². The minimum absolute atomic E-state index is 0.00264. The van der Waals surface area contributed by atoms with E-state index in [1.807, 2.05) is 6.92 Å². The van der Waals surface area contributed by atoms with Gasteiger partial charge in [0.15, 0.2) is 6.29 Å². The second-order valence-electron chi connectivity index (χ2n) is 2.21. The van der Waals surface area contributed by atoms with Gasteiger partial charge >= 0.3 is 0 Å². The van der Waals surface area contributed by atoms with Crippen molar-refractivity contribution in [2.24, 2.45) is 0 Å². The van der Waals surface area contributed by atoms with Crippen molar-refractivity contribution < 1.29 is 19.3 Å². The van der Waals surface area contributed by atoms with Crippen LogP contribution in [0.25, 0.3) is 0 Å². The van der Waals surface area contributed by atoms with Gasteiger partial charge in [-0.2, -0.15) is 0 Å². The van der Waals surface area contributed by atoms with Crippen LogP contribution in [0.4, 0.5) is 0 Å². The highest BCUT2D eigenvalue weighted by molar-refractivity contribution is 4.82. The van der Waals surface area contributed by atoms with Crippen LogP contribution in [0.15, 0.2) is 0 Å². The van der Waals surface area contributed by atoms with Gasteiger partial charge in [0.05, 0.1) is 6.10 Å². The van der Waals surface area contributed by atoms with E-state index in [0.717, 1.165) is 0 Å². The largest absolute Gasteiger partial charge is 0.371 e. The van der Waals surface area contributed by atoms with Crippen LogP contribution in [0.3, 0.4) is 0 Å². The van der Waals surface area contributed by atoms with E-state index in [0.29, 0.717) is 0 Å². The van der Waals surface area contributed by atoms with Crippen molar-refractivity contribution >= 4 is 0 Å². The summed E-state index contributed by atoms with van der Waals surface area (Å²) in [7, 11) is 1.58. The van der Waals surface area contributed by atoms with Crippen molar-refractivity contribution in [2.75, 3.05) is 13.9 Å². The number of aliphatic hydroxyl groups excluding tert-OH is 1. The molecule has 0 radical (unpaired) electrons. The summed E-state index contributed by atoms with van der Waals surface area (Å²) in [5, 5.41) is 8.35. The Labute approximate surface area is 59.7 Å². The van der Waals surface area contributed by atoms with Crippen molar-refractivity contribution in [1.29, 1.82) is 0 Å². The summed E-state index contributed by atoms with van der Waals surface area (Å²) in [6.45, 7) is 1.57. The lowest BCUT2D eigenvalue weighted by Gasteiger charge is -2.05. The van der Waals surface area contributed by atoms with Gasteiger partial charge in [0.2, 0.25) is 0 Å². The lowest BCUT2D eigenvalue weighted by atomic mass is 10.3. The van der Waals surface area contributed by atoms with E-state index in [1.165, 1.54) is 0 Å². The number of aliphatic hydroxyl groups is 1. The Morgan fingerprint density at radius 3 is 2.80 bits per heavy atom. The van der Waals surface area contributed by atoms with Gasteiger partial charge in [-0.3, -0.25) is 0 Å². The second-order valence-corrected chi connectivity index (χ2v) is 2.21. The molecular formula is C6H12O4. The molecule has 1 N–H and O–H groups in total. The SMILES string of the molecule is COC1O[C@H]1C(C)OCO. The van der Waals surface area contributed by atoms with Gasteiger partial charge in [0.25, 0.3) is 0 Å². The van der Waals surface area contributed by atoms with Crippen molar-refractivity contribution in [3.8, 4) is 0 Å². The van der Waals surface area contributed by atoms with Gasteiger partial charge in [-0.15, -0.1) is 0 Å². The van der Waals surface area contributed by atoms with Crippen molar-refractivity contribution in [1.82, 2.24) is 0 Å². The zero-order valence-corrected chi connectivity index (χ0v) is 6.11. The summed E-state index contributed by atoms with van der Waals surface area (Å²) in [5.74, 6) is 0. The fourth-order valence-corrected chi connectivity index (χ4v) is 0.844. The average Bonchev–Trinajstić information content (AvgIpc) is 2.66. The van der Waals surface area contributed by atoms with Crippen molar-refractivity contribution in [2.45, 2.75) is 25.4 Å². The van der Waals surface area contributed by atoms with Crippen molar-refractivity contribution in [3.63, 3.8) is 0 Å². The first-order valence-electron chi connectivity index (χ1n) is 3.20. The monoisotopic (exact) mass is 148 g/mol. The molecule has 0 spiro atoms. The Hall–Kier alpha value is -0.160. The summed E-state index contributed by atoms with van der Waals surface area (Å²) in [5.41, 5.74) is 0. The number of epoxide rings is 1. The smallest absolute Gasteiger partial charge is 0.186 e. The third-order valence-electron chi connectivity index (χ3n) is 1.52. The van der Waals surface area contributed by atoms with Crippen LogP contribution in [0.1, 0.15) is 6.92 Å². The Kier molecular flexibility index (Phi) is 2.62. The topological polar surface area (TPSA) is 51.2 Å². The van der Waals surface area contributed by atoms with E-state index >= 15 is 0 Å². The van der Waals surface area contributed by atoms with Crippen LogP contribution in [-0.4, -0.2) is 37.5 Å². The first-order valence-corrected chi connectivity index (χ1v) is 3.20. The van der Waals surface area contributed by atoms with Crippen LogP contribution in [0, 0.1) is 0 Å². The quantitative estimate of drug-likeness (QED) is 0.440. The zero-order chi connectivity index (χ0) is 7.56. The van der Waals surface area contributed by atoms with E-state index in [-0.39, 0.29) is 25.3 Å². The predicted octanol–water partition coefficient (Wildman–Crippen LogP) is -0.287. The maximum Gasteiger partial charge on any atom is 0.186 e. The highest BCUT2D eigenvalue weighted by Crippen LogP contribution is 2.26. The molecule has 1 aliphatic heterocycles. The summed E-state index contributed by atoms with van der Waals surface area (Å²) >= 11 is 0. The molecule has 0 aromatic carbocycles. The van der Waals surface area contributed by atoms with E-state index in [4.69, 9.17) is 19.3 Å². The highest BCUT2D eigenvalue weighted by Gasteiger charge is 2.44. The van der Waals surface area contributed by atoms with Crippen LogP contribution >= 0.6 is 0 Å². The summed E-state index contributed by atoms with van der Waals surface area (Å²) < 4.78 is 14.7. The molecule has 4 nitrogen and oxygen atoms in total. The maximum atomic E-state index is 8.35. The molecule has 0 aromatic rings. The lowest BCUT2D eigenvalue weighted by Crippen LogP contribution is -2.18. The van der Waals surface area contributed by atoms with Gasteiger partial charge in [0, 0.05) is 7.11 Å².